The highest BCUT2D eigenvalue weighted by atomic mass is 32.1. The Balaban J connectivity index is 2.13. The van der Waals surface area contributed by atoms with E-state index in [1.807, 2.05) is 6.07 Å². The molecule has 3 rings (SSSR count). The maximum Gasteiger partial charge on any atom is 0.282 e. The summed E-state index contributed by atoms with van der Waals surface area (Å²) in [4.78, 5) is 15.3. The molecule has 0 bridgehead atoms. The fourth-order valence-electron chi connectivity index (χ4n) is 1.99. The molecule has 104 valence electrons. The van der Waals surface area contributed by atoms with Crippen molar-refractivity contribution in [1.82, 2.24) is 9.66 Å². The standard InChI is InChI=1S/C15H11N3O2S/c19-11-5-3-4-10(8-11)9-16-18-14(20)12-6-1-2-7-13(12)17-15(18)21/h1-9,19H,(H,17,21)/b16-9-. The van der Waals surface area contributed by atoms with Crippen LogP contribution in [0.1, 0.15) is 5.56 Å². The van der Waals surface area contributed by atoms with E-state index in [-0.39, 0.29) is 16.1 Å². The number of hydrogen-bond acceptors (Lipinski definition) is 4. The van der Waals surface area contributed by atoms with Crippen LogP contribution in [0.5, 0.6) is 5.75 Å². The first-order valence-electron chi connectivity index (χ1n) is 6.22. The van der Waals surface area contributed by atoms with Crippen LogP contribution in [0, 0.1) is 4.77 Å². The first-order chi connectivity index (χ1) is 10.1. The summed E-state index contributed by atoms with van der Waals surface area (Å²) in [5.41, 5.74) is 1.06. The van der Waals surface area contributed by atoms with Gasteiger partial charge in [0, 0.05) is 0 Å². The molecule has 6 heteroatoms. The van der Waals surface area contributed by atoms with E-state index in [2.05, 4.69) is 10.1 Å². The number of aromatic hydroxyl groups is 1. The van der Waals surface area contributed by atoms with Gasteiger partial charge in [-0.05, 0) is 42.0 Å². The minimum Gasteiger partial charge on any atom is -0.508 e. The average molecular weight is 297 g/mol. The monoisotopic (exact) mass is 297 g/mol. The topological polar surface area (TPSA) is 70.4 Å². The van der Waals surface area contributed by atoms with Gasteiger partial charge in [0.05, 0.1) is 17.1 Å². The summed E-state index contributed by atoms with van der Waals surface area (Å²) in [6.07, 6.45) is 1.47. The van der Waals surface area contributed by atoms with Crippen molar-refractivity contribution in [1.29, 1.82) is 0 Å². The van der Waals surface area contributed by atoms with Gasteiger partial charge in [0.2, 0.25) is 4.77 Å². The number of nitrogens with zero attached hydrogens (tertiary/aromatic N) is 2. The largest absolute Gasteiger partial charge is 0.508 e. The Bertz CT molecular complexity index is 957. The molecule has 5 nitrogen and oxygen atoms in total. The van der Waals surface area contributed by atoms with Gasteiger partial charge in [0.15, 0.2) is 0 Å². The molecule has 0 aliphatic heterocycles. The molecular formula is C15H11N3O2S. The Labute approximate surface area is 124 Å². The van der Waals surface area contributed by atoms with E-state index in [1.165, 1.54) is 6.21 Å². The molecule has 21 heavy (non-hydrogen) atoms. The summed E-state index contributed by atoms with van der Waals surface area (Å²) < 4.78 is 1.34. The lowest BCUT2D eigenvalue weighted by atomic mass is 10.2. The lowest BCUT2D eigenvalue weighted by Crippen LogP contribution is -2.18. The zero-order valence-corrected chi connectivity index (χ0v) is 11.7. The van der Waals surface area contributed by atoms with Crippen LogP contribution in [-0.2, 0) is 0 Å². The Kier molecular flexibility index (Phi) is 3.37. The number of aromatic nitrogens is 2. The summed E-state index contributed by atoms with van der Waals surface area (Å²) in [5.74, 6) is 0.134. The molecule has 0 radical (unpaired) electrons. The predicted molar refractivity (Wildman–Crippen MR) is 84.5 cm³/mol. The van der Waals surface area contributed by atoms with Gasteiger partial charge in [-0.1, -0.05) is 24.3 Å². The zero-order chi connectivity index (χ0) is 14.8. The lowest BCUT2D eigenvalue weighted by molar-refractivity contribution is 0.475. The van der Waals surface area contributed by atoms with Crippen LogP contribution < -0.4 is 5.56 Å². The third-order valence-corrected chi connectivity index (χ3v) is 3.25. The molecule has 0 fully saturated rings. The van der Waals surface area contributed by atoms with Crippen molar-refractivity contribution in [2.24, 2.45) is 5.10 Å². The number of fused-ring (bicyclic) bond motifs is 1. The van der Waals surface area contributed by atoms with E-state index in [0.717, 1.165) is 4.68 Å². The van der Waals surface area contributed by atoms with Gasteiger partial charge in [-0.3, -0.25) is 4.79 Å². The number of H-pyrrole nitrogens is 1. The number of para-hydroxylation sites is 1. The van der Waals surface area contributed by atoms with Crippen LogP contribution in [-0.4, -0.2) is 21.0 Å². The number of rotatable bonds is 2. The Morgan fingerprint density at radius 1 is 1.19 bits per heavy atom. The molecule has 0 saturated heterocycles. The van der Waals surface area contributed by atoms with E-state index < -0.39 is 0 Å². The number of benzene rings is 2. The van der Waals surface area contributed by atoms with Crippen LogP contribution in [0.4, 0.5) is 0 Å². The van der Waals surface area contributed by atoms with Gasteiger partial charge < -0.3 is 10.1 Å². The van der Waals surface area contributed by atoms with Gasteiger partial charge >= 0.3 is 0 Å². The third-order valence-electron chi connectivity index (χ3n) is 2.98. The van der Waals surface area contributed by atoms with E-state index in [9.17, 15) is 9.90 Å². The smallest absolute Gasteiger partial charge is 0.282 e. The van der Waals surface area contributed by atoms with Crippen molar-refractivity contribution in [3.05, 3.63) is 69.2 Å². The molecule has 3 aromatic rings. The summed E-state index contributed by atoms with van der Waals surface area (Å²) in [6.45, 7) is 0. The fourth-order valence-corrected chi connectivity index (χ4v) is 2.23. The fraction of sp³-hybridized carbons (Fsp3) is 0. The first kappa shape index (κ1) is 13.3. The molecule has 0 saturated carbocycles. The molecule has 2 N–H and O–H groups in total. The molecular weight excluding hydrogens is 286 g/mol. The van der Waals surface area contributed by atoms with Gasteiger partial charge in [0.1, 0.15) is 5.75 Å². The molecule has 2 aromatic carbocycles. The number of nitrogens with one attached hydrogen (secondary N) is 1. The highest BCUT2D eigenvalue weighted by Crippen LogP contribution is 2.09. The van der Waals surface area contributed by atoms with E-state index >= 15 is 0 Å². The van der Waals surface area contributed by atoms with Crippen molar-refractivity contribution in [3.63, 3.8) is 0 Å². The number of aromatic amines is 1. The molecule has 1 heterocycles. The third kappa shape index (κ3) is 2.61. The molecule has 0 spiro atoms. The van der Waals surface area contributed by atoms with Crippen LogP contribution >= 0.6 is 12.2 Å². The van der Waals surface area contributed by atoms with Crippen LogP contribution in [0.25, 0.3) is 10.9 Å². The van der Waals surface area contributed by atoms with Crippen molar-refractivity contribution in [2.45, 2.75) is 0 Å². The number of phenols is 1. The quantitative estimate of drug-likeness (QED) is 0.564. The predicted octanol–water partition coefficient (Wildman–Crippen LogP) is 2.65. The maximum atomic E-state index is 12.4. The van der Waals surface area contributed by atoms with E-state index in [1.54, 1.807) is 42.5 Å². The number of hydrogen-bond donors (Lipinski definition) is 2. The van der Waals surface area contributed by atoms with Gasteiger partial charge in [-0.2, -0.15) is 9.78 Å². The highest BCUT2D eigenvalue weighted by Gasteiger charge is 2.03. The second kappa shape index (κ2) is 5.34. The molecule has 0 aliphatic carbocycles. The second-order valence-electron chi connectivity index (χ2n) is 4.43. The minimum absolute atomic E-state index is 0.134. The average Bonchev–Trinajstić information content (AvgIpc) is 2.47. The van der Waals surface area contributed by atoms with Crippen molar-refractivity contribution >= 4 is 29.3 Å². The van der Waals surface area contributed by atoms with Gasteiger partial charge in [-0.15, -0.1) is 0 Å². The van der Waals surface area contributed by atoms with Crippen molar-refractivity contribution in [3.8, 4) is 5.75 Å². The lowest BCUT2D eigenvalue weighted by Gasteiger charge is -2.02. The minimum atomic E-state index is -0.286. The molecule has 0 amide bonds. The summed E-state index contributed by atoms with van der Waals surface area (Å²) in [7, 11) is 0. The van der Waals surface area contributed by atoms with Gasteiger partial charge in [0.25, 0.3) is 5.56 Å². The van der Waals surface area contributed by atoms with Crippen molar-refractivity contribution < 1.29 is 5.11 Å². The summed E-state index contributed by atoms with van der Waals surface area (Å²) in [6, 6.07) is 13.7. The molecule has 1 aromatic heterocycles. The molecule has 0 unspecified atom stereocenters. The van der Waals surface area contributed by atoms with Crippen LogP contribution in [0.3, 0.4) is 0 Å². The van der Waals surface area contributed by atoms with Gasteiger partial charge in [-0.25, -0.2) is 0 Å². The normalized spacial score (nSPS) is 11.2. The summed E-state index contributed by atoms with van der Waals surface area (Å²) in [5, 5.41) is 14.0. The Morgan fingerprint density at radius 2 is 2.00 bits per heavy atom. The maximum absolute atomic E-state index is 12.4. The van der Waals surface area contributed by atoms with E-state index in [4.69, 9.17) is 12.2 Å². The Hall–Kier alpha value is -2.73. The van der Waals surface area contributed by atoms with Crippen LogP contribution in [0.2, 0.25) is 0 Å². The molecule has 0 atom stereocenters. The number of phenolic OH excluding ortho intramolecular Hbond substituents is 1. The molecule has 0 aliphatic rings. The Morgan fingerprint density at radius 3 is 2.81 bits per heavy atom. The zero-order valence-electron chi connectivity index (χ0n) is 10.9. The first-order valence-corrected chi connectivity index (χ1v) is 6.63. The SMILES string of the molecule is O=c1c2ccccc2[nH]c(=S)n1/N=C\c1cccc(O)c1. The second-order valence-corrected chi connectivity index (χ2v) is 4.82. The van der Waals surface area contributed by atoms with E-state index in [0.29, 0.717) is 16.5 Å². The highest BCUT2D eigenvalue weighted by molar-refractivity contribution is 7.71. The van der Waals surface area contributed by atoms with Crippen LogP contribution in [0.15, 0.2) is 58.4 Å². The van der Waals surface area contributed by atoms with Crippen molar-refractivity contribution in [2.75, 3.05) is 0 Å². The summed E-state index contributed by atoms with van der Waals surface area (Å²) >= 11 is 5.15.